The molecule has 1 N–H and O–H groups in total. The number of aliphatic hydroxyl groups excluding tert-OH is 1. The second kappa shape index (κ2) is 8.70. The van der Waals surface area contributed by atoms with E-state index in [1.165, 1.54) is 23.9 Å². The van der Waals surface area contributed by atoms with Gasteiger partial charge >= 0.3 is 0 Å². The van der Waals surface area contributed by atoms with Crippen LogP contribution in [0.15, 0.2) is 53.4 Å². The Hall–Kier alpha value is -1.85. The number of amides is 1. The summed E-state index contributed by atoms with van der Waals surface area (Å²) in [6.45, 7) is 0.671. The topological polar surface area (TPSA) is 40.5 Å². The summed E-state index contributed by atoms with van der Waals surface area (Å²) in [7, 11) is 0. The fraction of sp³-hybridized carbons (Fsp3) is 0.278. The van der Waals surface area contributed by atoms with Crippen LogP contribution in [0.25, 0.3) is 0 Å². The smallest absolute Gasteiger partial charge is 0.253 e. The molecule has 0 aromatic heterocycles. The maximum absolute atomic E-state index is 13.6. The lowest BCUT2D eigenvalue weighted by molar-refractivity contribution is 0.0723. The summed E-state index contributed by atoms with van der Waals surface area (Å²) >= 11 is 1.27. The summed E-state index contributed by atoms with van der Waals surface area (Å²) < 4.78 is 13.6. The van der Waals surface area contributed by atoms with Gasteiger partial charge in [-0.1, -0.05) is 30.3 Å². The summed E-state index contributed by atoms with van der Waals surface area (Å²) in [6.07, 6.45) is 2.48. The zero-order valence-corrected chi connectivity index (χ0v) is 13.9. The van der Waals surface area contributed by atoms with Gasteiger partial charge < -0.3 is 10.0 Å². The molecular weight excluding hydrogens is 313 g/mol. The molecule has 0 heterocycles. The Labute approximate surface area is 140 Å². The number of carbonyl (C=O) groups is 1. The summed E-state index contributed by atoms with van der Waals surface area (Å²) in [5, 5.41) is 9.22. The van der Waals surface area contributed by atoms with Crippen molar-refractivity contribution >= 4 is 17.7 Å². The Kier molecular flexibility index (Phi) is 6.62. The Morgan fingerprint density at radius 2 is 1.91 bits per heavy atom. The third-order valence-corrected chi connectivity index (χ3v) is 4.32. The summed E-state index contributed by atoms with van der Waals surface area (Å²) in [5.74, 6) is -0.516. The van der Waals surface area contributed by atoms with Crippen molar-refractivity contribution in [1.82, 2.24) is 4.90 Å². The van der Waals surface area contributed by atoms with Gasteiger partial charge in [-0.05, 0) is 36.4 Å². The van der Waals surface area contributed by atoms with Crippen molar-refractivity contribution in [3.63, 3.8) is 0 Å². The molecule has 0 unspecified atom stereocenters. The minimum Gasteiger partial charge on any atom is -0.395 e. The van der Waals surface area contributed by atoms with Gasteiger partial charge in [-0.25, -0.2) is 4.39 Å². The lowest BCUT2D eigenvalue weighted by Gasteiger charge is -2.22. The molecule has 0 aliphatic heterocycles. The van der Waals surface area contributed by atoms with Crippen LogP contribution < -0.4 is 0 Å². The lowest BCUT2D eigenvalue weighted by atomic mass is 10.1. The Balaban J connectivity index is 2.11. The van der Waals surface area contributed by atoms with Gasteiger partial charge in [-0.15, -0.1) is 11.8 Å². The molecule has 2 aromatic carbocycles. The molecular formula is C18H20FNO2S. The molecule has 0 saturated heterocycles. The largest absolute Gasteiger partial charge is 0.395 e. The number of halogens is 1. The standard InChI is InChI=1S/C18H20FNO2S/c1-23-17-13-15(7-8-16(17)19)18(22)20(11-12-21)10-9-14-5-3-2-4-6-14/h2-8,13,21H,9-12H2,1H3. The first-order valence-electron chi connectivity index (χ1n) is 7.43. The van der Waals surface area contributed by atoms with E-state index < -0.39 is 0 Å². The SMILES string of the molecule is CSc1cc(C(=O)N(CCO)CCc2ccccc2)ccc1F. The second-order valence-corrected chi connectivity index (χ2v) is 5.95. The maximum Gasteiger partial charge on any atom is 0.253 e. The van der Waals surface area contributed by atoms with Crippen LogP contribution in [0.1, 0.15) is 15.9 Å². The normalized spacial score (nSPS) is 10.6. The van der Waals surface area contributed by atoms with E-state index in [-0.39, 0.29) is 24.9 Å². The fourth-order valence-electron chi connectivity index (χ4n) is 2.32. The Morgan fingerprint density at radius 1 is 1.17 bits per heavy atom. The molecule has 2 aromatic rings. The van der Waals surface area contributed by atoms with Crippen LogP contribution in [0.5, 0.6) is 0 Å². The molecule has 0 aliphatic rings. The van der Waals surface area contributed by atoms with Crippen molar-refractivity contribution in [2.45, 2.75) is 11.3 Å². The molecule has 1 amide bonds. The average molecular weight is 333 g/mol. The van der Waals surface area contributed by atoms with Crippen molar-refractivity contribution < 1.29 is 14.3 Å². The number of aliphatic hydroxyl groups is 1. The number of hydrogen-bond acceptors (Lipinski definition) is 3. The van der Waals surface area contributed by atoms with Gasteiger partial charge in [0.15, 0.2) is 0 Å². The first kappa shape index (κ1) is 17.5. The van der Waals surface area contributed by atoms with Gasteiger partial charge in [0, 0.05) is 23.5 Å². The lowest BCUT2D eigenvalue weighted by Crippen LogP contribution is -2.35. The number of benzene rings is 2. The highest BCUT2D eigenvalue weighted by Crippen LogP contribution is 2.21. The maximum atomic E-state index is 13.6. The van der Waals surface area contributed by atoms with Crippen LogP contribution in [0.4, 0.5) is 4.39 Å². The van der Waals surface area contributed by atoms with E-state index >= 15 is 0 Å². The van der Waals surface area contributed by atoms with E-state index in [0.29, 0.717) is 23.4 Å². The first-order chi connectivity index (χ1) is 11.2. The van der Waals surface area contributed by atoms with E-state index in [1.807, 2.05) is 30.3 Å². The molecule has 3 nitrogen and oxygen atoms in total. The minimum absolute atomic E-state index is 0.100. The fourth-order valence-corrected chi connectivity index (χ4v) is 2.83. The van der Waals surface area contributed by atoms with Crippen molar-refractivity contribution in [2.24, 2.45) is 0 Å². The highest BCUT2D eigenvalue weighted by molar-refractivity contribution is 7.98. The number of hydrogen-bond donors (Lipinski definition) is 1. The quantitative estimate of drug-likeness (QED) is 0.791. The number of nitrogens with zero attached hydrogens (tertiary/aromatic N) is 1. The first-order valence-corrected chi connectivity index (χ1v) is 8.65. The van der Waals surface area contributed by atoms with E-state index in [9.17, 15) is 14.3 Å². The molecule has 23 heavy (non-hydrogen) atoms. The van der Waals surface area contributed by atoms with Crippen molar-refractivity contribution in [3.05, 3.63) is 65.5 Å². The Morgan fingerprint density at radius 3 is 2.57 bits per heavy atom. The predicted octanol–water partition coefficient (Wildman–Crippen LogP) is 3.22. The van der Waals surface area contributed by atoms with E-state index in [2.05, 4.69) is 0 Å². The van der Waals surface area contributed by atoms with Gasteiger partial charge in [0.2, 0.25) is 0 Å². The molecule has 5 heteroatoms. The van der Waals surface area contributed by atoms with Crippen LogP contribution >= 0.6 is 11.8 Å². The van der Waals surface area contributed by atoms with Crippen molar-refractivity contribution in [1.29, 1.82) is 0 Å². The number of rotatable bonds is 7. The van der Waals surface area contributed by atoms with Crippen LogP contribution in [0, 0.1) is 5.82 Å². The molecule has 0 saturated carbocycles. The van der Waals surface area contributed by atoms with E-state index in [4.69, 9.17) is 0 Å². The molecule has 0 radical (unpaired) electrons. The van der Waals surface area contributed by atoms with Gasteiger partial charge in [-0.3, -0.25) is 4.79 Å². The van der Waals surface area contributed by atoms with Gasteiger partial charge in [0.25, 0.3) is 5.91 Å². The second-order valence-electron chi connectivity index (χ2n) is 5.10. The number of thioether (sulfide) groups is 1. The monoisotopic (exact) mass is 333 g/mol. The molecule has 122 valence electrons. The van der Waals surface area contributed by atoms with Crippen molar-refractivity contribution in [2.75, 3.05) is 26.0 Å². The number of carbonyl (C=O) groups excluding carboxylic acids is 1. The third-order valence-electron chi connectivity index (χ3n) is 3.57. The zero-order chi connectivity index (χ0) is 16.7. The highest BCUT2D eigenvalue weighted by atomic mass is 32.2. The Bertz CT molecular complexity index is 649. The molecule has 2 rings (SSSR count). The molecule has 0 spiro atoms. The molecule has 0 bridgehead atoms. The zero-order valence-electron chi connectivity index (χ0n) is 13.0. The minimum atomic E-state index is -0.327. The predicted molar refractivity (Wildman–Crippen MR) is 91.3 cm³/mol. The molecule has 0 fully saturated rings. The summed E-state index contributed by atoms with van der Waals surface area (Å²) in [5.41, 5.74) is 1.57. The van der Waals surface area contributed by atoms with Crippen LogP contribution in [0.3, 0.4) is 0 Å². The van der Waals surface area contributed by atoms with Gasteiger partial charge in [-0.2, -0.15) is 0 Å². The summed E-state index contributed by atoms with van der Waals surface area (Å²) in [6, 6.07) is 14.2. The van der Waals surface area contributed by atoms with Crippen LogP contribution in [-0.4, -0.2) is 41.9 Å². The average Bonchev–Trinajstić information content (AvgIpc) is 2.59. The van der Waals surface area contributed by atoms with Crippen LogP contribution in [-0.2, 0) is 6.42 Å². The van der Waals surface area contributed by atoms with Crippen molar-refractivity contribution in [3.8, 4) is 0 Å². The highest BCUT2D eigenvalue weighted by Gasteiger charge is 2.16. The third kappa shape index (κ3) is 4.81. The molecule has 0 atom stereocenters. The van der Waals surface area contributed by atoms with Gasteiger partial charge in [0.1, 0.15) is 5.82 Å². The summed E-state index contributed by atoms with van der Waals surface area (Å²) in [4.78, 5) is 14.7. The van der Waals surface area contributed by atoms with E-state index in [1.54, 1.807) is 17.2 Å². The van der Waals surface area contributed by atoms with E-state index in [0.717, 1.165) is 5.56 Å². The van der Waals surface area contributed by atoms with Gasteiger partial charge in [0.05, 0.1) is 6.61 Å². The molecule has 0 aliphatic carbocycles. The van der Waals surface area contributed by atoms with Crippen LogP contribution in [0.2, 0.25) is 0 Å².